The number of carbonyl (C=O) groups is 1. The summed E-state index contributed by atoms with van der Waals surface area (Å²) in [5.74, 6) is -2.59. The molecule has 0 aromatic heterocycles. The zero-order valence-electron chi connectivity index (χ0n) is 16.1. The van der Waals surface area contributed by atoms with E-state index >= 15 is 0 Å². The van der Waals surface area contributed by atoms with E-state index in [1.54, 1.807) is 24.3 Å². The normalized spacial score (nSPS) is 11.9. The lowest BCUT2D eigenvalue weighted by Gasteiger charge is -2.20. The zero-order valence-corrected chi connectivity index (χ0v) is 16.9. The van der Waals surface area contributed by atoms with Crippen LogP contribution in [-0.2, 0) is 16.8 Å². The quantitative estimate of drug-likeness (QED) is 0.643. The van der Waals surface area contributed by atoms with E-state index in [1.165, 1.54) is 5.56 Å². The summed E-state index contributed by atoms with van der Waals surface area (Å²) in [6.07, 6.45) is 0. The number of hydrogen-bond acceptors (Lipinski definition) is 3. The van der Waals surface area contributed by atoms with Crippen LogP contribution >= 0.6 is 11.8 Å². The van der Waals surface area contributed by atoms with Crippen molar-refractivity contribution in [3.8, 4) is 0 Å². The van der Waals surface area contributed by atoms with Gasteiger partial charge in [-0.25, -0.2) is 0 Å². The number of halogens is 2. The van der Waals surface area contributed by atoms with Gasteiger partial charge in [0, 0.05) is 17.1 Å². The summed E-state index contributed by atoms with van der Waals surface area (Å²) in [5, 5.41) is 2.79. The first-order chi connectivity index (χ1) is 12.6. The lowest BCUT2D eigenvalue weighted by molar-refractivity contribution is -0.117. The van der Waals surface area contributed by atoms with Gasteiger partial charge in [0.1, 0.15) is 0 Å². The highest BCUT2D eigenvalue weighted by molar-refractivity contribution is 7.99. The fraction of sp³-hybridized carbons (Fsp3) is 0.381. The number of anilines is 1. The van der Waals surface area contributed by atoms with Gasteiger partial charge in [0.15, 0.2) is 0 Å². The maximum absolute atomic E-state index is 12.3. The second-order valence-corrected chi connectivity index (χ2v) is 8.63. The maximum atomic E-state index is 12.3. The lowest BCUT2D eigenvalue weighted by atomic mass is 9.87. The molecule has 0 radical (unpaired) electrons. The Bertz CT molecular complexity index is 740. The minimum Gasteiger partial charge on any atom is -0.325 e. The molecule has 0 heterocycles. The van der Waals surface area contributed by atoms with Gasteiger partial charge in [0.05, 0.1) is 6.54 Å². The summed E-state index contributed by atoms with van der Waals surface area (Å²) in [4.78, 5) is 14.6. The lowest BCUT2D eigenvalue weighted by Crippen LogP contribution is -2.29. The molecule has 0 bridgehead atoms. The molecule has 0 aliphatic carbocycles. The van der Waals surface area contributed by atoms with Crippen molar-refractivity contribution in [1.29, 1.82) is 0 Å². The predicted molar refractivity (Wildman–Crippen MR) is 108 cm³/mol. The Morgan fingerprint density at radius 3 is 2.19 bits per heavy atom. The molecule has 3 nitrogen and oxygen atoms in total. The number of carbonyl (C=O) groups excluding carboxylic acids is 1. The van der Waals surface area contributed by atoms with Crippen molar-refractivity contribution in [3.05, 3.63) is 59.7 Å². The second-order valence-electron chi connectivity index (χ2n) is 7.57. The van der Waals surface area contributed by atoms with Crippen LogP contribution < -0.4 is 5.32 Å². The molecule has 0 saturated carbocycles. The number of benzene rings is 2. The van der Waals surface area contributed by atoms with Crippen molar-refractivity contribution >= 4 is 23.4 Å². The maximum Gasteiger partial charge on any atom is 0.288 e. The number of rotatable bonds is 7. The molecule has 0 fully saturated rings. The van der Waals surface area contributed by atoms with E-state index in [0.717, 1.165) is 5.56 Å². The molecule has 0 spiro atoms. The van der Waals surface area contributed by atoms with Gasteiger partial charge in [0.25, 0.3) is 5.76 Å². The van der Waals surface area contributed by atoms with E-state index in [4.69, 9.17) is 0 Å². The first-order valence-corrected chi connectivity index (χ1v) is 9.64. The molecule has 0 aliphatic rings. The molecule has 0 unspecified atom stereocenters. The molecule has 2 aromatic carbocycles. The van der Waals surface area contributed by atoms with E-state index in [9.17, 15) is 13.6 Å². The van der Waals surface area contributed by atoms with E-state index < -0.39 is 5.76 Å². The molecule has 2 aromatic rings. The SMILES string of the molecule is CN(CC(=O)Nc1ccc(SC(F)F)cc1)Cc1ccc(C(C)(C)C)cc1. The highest BCUT2D eigenvalue weighted by Crippen LogP contribution is 2.26. The Morgan fingerprint density at radius 1 is 1.07 bits per heavy atom. The summed E-state index contributed by atoms with van der Waals surface area (Å²) in [7, 11) is 1.89. The third-order valence-electron chi connectivity index (χ3n) is 4.05. The van der Waals surface area contributed by atoms with Crippen molar-refractivity contribution in [3.63, 3.8) is 0 Å². The average Bonchev–Trinajstić information content (AvgIpc) is 2.55. The van der Waals surface area contributed by atoms with E-state index in [-0.39, 0.29) is 17.9 Å². The summed E-state index contributed by atoms with van der Waals surface area (Å²) in [6.45, 7) is 7.45. The number of alkyl halides is 2. The fourth-order valence-electron chi connectivity index (χ4n) is 2.64. The van der Waals surface area contributed by atoms with Gasteiger partial charge in [-0.15, -0.1) is 0 Å². The summed E-state index contributed by atoms with van der Waals surface area (Å²) < 4.78 is 24.6. The Balaban J connectivity index is 1.84. The number of amides is 1. The van der Waals surface area contributed by atoms with Crippen LogP contribution in [0.2, 0.25) is 0 Å². The van der Waals surface area contributed by atoms with Crippen molar-refractivity contribution in [1.82, 2.24) is 4.90 Å². The number of nitrogens with one attached hydrogen (secondary N) is 1. The Morgan fingerprint density at radius 2 is 1.67 bits per heavy atom. The molecule has 27 heavy (non-hydrogen) atoms. The highest BCUT2D eigenvalue weighted by Gasteiger charge is 2.13. The van der Waals surface area contributed by atoms with Crippen molar-refractivity contribution in [2.75, 3.05) is 18.9 Å². The molecule has 0 aliphatic heterocycles. The first-order valence-electron chi connectivity index (χ1n) is 8.76. The van der Waals surface area contributed by atoms with Gasteiger partial charge in [-0.1, -0.05) is 56.8 Å². The average molecular weight is 393 g/mol. The van der Waals surface area contributed by atoms with Crippen LogP contribution in [0.5, 0.6) is 0 Å². The smallest absolute Gasteiger partial charge is 0.288 e. The van der Waals surface area contributed by atoms with Crippen molar-refractivity contribution in [2.24, 2.45) is 0 Å². The third kappa shape index (κ3) is 7.31. The Hall–Kier alpha value is -1.92. The number of likely N-dealkylation sites (N-methyl/N-ethyl adjacent to an activating group) is 1. The molecule has 0 saturated heterocycles. The minimum absolute atomic E-state index is 0.119. The van der Waals surface area contributed by atoms with E-state index in [2.05, 4.69) is 50.4 Å². The van der Waals surface area contributed by atoms with Crippen LogP contribution in [0.1, 0.15) is 31.9 Å². The molecule has 6 heteroatoms. The third-order valence-corrected chi connectivity index (χ3v) is 4.77. The van der Waals surface area contributed by atoms with Crippen LogP contribution in [0.3, 0.4) is 0 Å². The van der Waals surface area contributed by atoms with E-state index in [0.29, 0.717) is 28.9 Å². The fourth-order valence-corrected chi connectivity index (χ4v) is 3.14. The standard InChI is InChI=1S/C21H26F2N2OS/c1-21(2,3)16-7-5-15(6-8-16)13-25(4)14-19(26)24-17-9-11-18(12-10-17)27-20(22)23/h5-12,20H,13-14H2,1-4H3,(H,24,26). The van der Waals surface area contributed by atoms with Gasteiger partial charge in [-0.3, -0.25) is 9.69 Å². The molecule has 1 amide bonds. The largest absolute Gasteiger partial charge is 0.325 e. The van der Waals surface area contributed by atoms with Crippen LogP contribution in [0, 0.1) is 0 Å². The topological polar surface area (TPSA) is 32.3 Å². The summed E-state index contributed by atoms with van der Waals surface area (Å²) >= 11 is 0.486. The number of nitrogens with zero attached hydrogens (tertiary/aromatic N) is 1. The number of hydrogen-bond donors (Lipinski definition) is 1. The van der Waals surface area contributed by atoms with Crippen LogP contribution in [0.15, 0.2) is 53.4 Å². The van der Waals surface area contributed by atoms with Gasteiger partial charge in [-0.2, -0.15) is 8.78 Å². The van der Waals surface area contributed by atoms with Crippen LogP contribution in [0.25, 0.3) is 0 Å². The molecule has 1 N–H and O–H groups in total. The monoisotopic (exact) mass is 392 g/mol. The Labute approximate surface area is 164 Å². The second kappa shape index (κ2) is 9.33. The van der Waals surface area contributed by atoms with E-state index in [1.807, 2.05) is 11.9 Å². The highest BCUT2D eigenvalue weighted by atomic mass is 32.2. The van der Waals surface area contributed by atoms with Gasteiger partial charge in [-0.05, 0) is 47.9 Å². The summed E-state index contributed by atoms with van der Waals surface area (Å²) in [5.41, 5.74) is 3.14. The molecule has 146 valence electrons. The Kier molecular flexibility index (Phi) is 7.39. The van der Waals surface area contributed by atoms with Crippen LogP contribution in [-0.4, -0.2) is 30.2 Å². The van der Waals surface area contributed by atoms with Gasteiger partial charge in [0.2, 0.25) is 5.91 Å². The van der Waals surface area contributed by atoms with Gasteiger partial charge < -0.3 is 5.32 Å². The predicted octanol–water partition coefficient (Wildman–Crippen LogP) is 5.37. The zero-order chi connectivity index (χ0) is 20.0. The van der Waals surface area contributed by atoms with Crippen LogP contribution in [0.4, 0.5) is 14.5 Å². The van der Waals surface area contributed by atoms with Crippen molar-refractivity contribution < 1.29 is 13.6 Å². The summed E-state index contributed by atoms with van der Waals surface area (Å²) in [6, 6.07) is 14.9. The molecular formula is C21H26F2N2OS. The van der Waals surface area contributed by atoms with Crippen molar-refractivity contribution in [2.45, 2.75) is 43.4 Å². The first kappa shape index (κ1) is 21.4. The molecular weight excluding hydrogens is 366 g/mol. The van der Waals surface area contributed by atoms with Gasteiger partial charge >= 0.3 is 0 Å². The molecule has 0 atom stereocenters. The minimum atomic E-state index is -2.45. The number of thioether (sulfide) groups is 1. The molecule has 2 rings (SSSR count).